The number of benzene rings is 2. The molecule has 0 saturated carbocycles. The van der Waals surface area contributed by atoms with Gasteiger partial charge in [0.2, 0.25) is 0 Å². The summed E-state index contributed by atoms with van der Waals surface area (Å²) in [6.45, 7) is 3.19. The smallest absolute Gasteiger partial charge is 0.326 e. The van der Waals surface area contributed by atoms with Crippen LogP contribution in [0.1, 0.15) is 37.3 Å². The Bertz CT molecular complexity index is 1110. The van der Waals surface area contributed by atoms with E-state index in [-0.39, 0.29) is 18.1 Å². The number of hydrogen-bond acceptors (Lipinski definition) is 8. The first-order valence-electron chi connectivity index (χ1n) is 13.1. The second-order valence-electron chi connectivity index (χ2n) is 9.24. The van der Waals surface area contributed by atoms with Crippen molar-refractivity contribution in [2.75, 3.05) is 39.4 Å². The number of amides is 1. The Hall–Kier alpha value is -3.24. The number of carbonyl (C=O) groups is 2. The Balaban J connectivity index is 1.77. The zero-order chi connectivity index (χ0) is 28.2. The van der Waals surface area contributed by atoms with Crippen LogP contribution in [0, 0.1) is 5.92 Å². The van der Waals surface area contributed by atoms with E-state index in [9.17, 15) is 14.7 Å². The Morgan fingerprint density at radius 2 is 1.69 bits per heavy atom. The number of ether oxygens (including phenoxy) is 3. The van der Waals surface area contributed by atoms with Crippen molar-refractivity contribution in [3.8, 4) is 22.6 Å². The minimum Gasteiger partial charge on any atom is -0.496 e. The lowest BCUT2D eigenvalue weighted by Gasteiger charge is -2.23. The van der Waals surface area contributed by atoms with Gasteiger partial charge in [0.15, 0.2) is 0 Å². The highest BCUT2D eigenvalue weighted by Crippen LogP contribution is 2.40. The number of methoxy groups -OCH3 is 2. The largest absolute Gasteiger partial charge is 0.496 e. The number of carboxylic acids is 1. The van der Waals surface area contributed by atoms with E-state index in [1.54, 1.807) is 14.2 Å². The molecule has 0 unspecified atom stereocenters. The summed E-state index contributed by atoms with van der Waals surface area (Å²) in [7, 11) is 4.60. The molecule has 1 aliphatic rings. The molecule has 0 aliphatic carbocycles. The maximum absolute atomic E-state index is 13.0. The first kappa shape index (κ1) is 30.3. The minimum atomic E-state index is -1.12. The van der Waals surface area contributed by atoms with Crippen molar-refractivity contribution < 1.29 is 33.7 Å². The van der Waals surface area contributed by atoms with Crippen molar-refractivity contribution in [1.29, 1.82) is 0 Å². The summed E-state index contributed by atoms with van der Waals surface area (Å²) in [5, 5.41) is 16.4. The standard InChI is InChI=1S/C29H38N2O7S/c1-5-12-38-18-20-16-24(35-2)26(25(17-20)36-3)21-8-6-19(7-9-21)15-23(29(33)34)30-28(32)27(31-37-4)22-10-13-39-14-11-22/h6-9,16-17,22-23H,5,10-15,18H2,1-4H3,(H,30,32)(H,33,34)/b31-27-/t23-/m0/s1. The summed E-state index contributed by atoms with van der Waals surface area (Å²) in [5.74, 6) is 1.50. The number of thioether (sulfide) groups is 1. The molecule has 212 valence electrons. The molecule has 3 rings (SSSR count). The number of carboxylic acid groups (broad SMARTS) is 1. The van der Waals surface area contributed by atoms with E-state index in [0.29, 0.717) is 24.7 Å². The van der Waals surface area contributed by atoms with E-state index in [1.807, 2.05) is 48.2 Å². The molecule has 0 bridgehead atoms. The van der Waals surface area contributed by atoms with Crippen LogP contribution in [0.25, 0.3) is 11.1 Å². The fourth-order valence-electron chi connectivity index (χ4n) is 4.51. The molecular formula is C29H38N2O7S. The first-order valence-corrected chi connectivity index (χ1v) is 14.2. The number of aliphatic carboxylic acids is 1. The molecule has 2 N–H and O–H groups in total. The van der Waals surface area contributed by atoms with E-state index in [1.165, 1.54) is 7.11 Å². The maximum Gasteiger partial charge on any atom is 0.326 e. The van der Waals surface area contributed by atoms with Gasteiger partial charge < -0.3 is 29.5 Å². The second-order valence-corrected chi connectivity index (χ2v) is 10.5. The topological polar surface area (TPSA) is 116 Å². The van der Waals surface area contributed by atoms with Crippen molar-refractivity contribution in [3.63, 3.8) is 0 Å². The average Bonchev–Trinajstić information content (AvgIpc) is 2.96. The Morgan fingerprint density at radius 1 is 1.05 bits per heavy atom. The second kappa shape index (κ2) is 15.4. The molecule has 1 aliphatic heterocycles. The van der Waals surface area contributed by atoms with Crippen LogP contribution in [0.2, 0.25) is 0 Å². The number of rotatable bonds is 14. The predicted octanol–water partition coefficient (Wildman–Crippen LogP) is 4.55. The third-order valence-electron chi connectivity index (χ3n) is 6.50. The van der Waals surface area contributed by atoms with Crippen LogP contribution in [0.3, 0.4) is 0 Å². The van der Waals surface area contributed by atoms with Crippen LogP contribution in [-0.4, -0.2) is 68.2 Å². The number of carbonyl (C=O) groups excluding carboxylic acids is 1. The van der Waals surface area contributed by atoms with Crippen molar-refractivity contribution in [3.05, 3.63) is 47.5 Å². The molecule has 39 heavy (non-hydrogen) atoms. The van der Waals surface area contributed by atoms with Gasteiger partial charge in [0.25, 0.3) is 5.91 Å². The normalized spacial score (nSPS) is 14.9. The molecule has 0 aromatic heterocycles. The molecule has 2 aromatic carbocycles. The van der Waals surface area contributed by atoms with Crippen molar-refractivity contribution in [1.82, 2.24) is 5.32 Å². The Morgan fingerprint density at radius 3 is 2.23 bits per heavy atom. The highest BCUT2D eigenvalue weighted by molar-refractivity contribution is 7.99. The van der Waals surface area contributed by atoms with Crippen LogP contribution in [-0.2, 0) is 32.2 Å². The summed E-state index contributed by atoms with van der Waals surface area (Å²) < 4.78 is 17.0. The SMILES string of the molecule is CCCOCc1cc(OC)c(-c2ccc(C[C@H](NC(=O)/C(=N\OC)C3CCSCC3)C(=O)O)cc2)c(OC)c1. The minimum absolute atomic E-state index is 0.0468. The number of nitrogens with one attached hydrogen (secondary N) is 1. The molecule has 2 aromatic rings. The van der Waals surface area contributed by atoms with E-state index < -0.39 is 17.9 Å². The van der Waals surface area contributed by atoms with Gasteiger partial charge in [-0.05, 0) is 59.6 Å². The average molecular weight is 559 g/mol. The zero-order valence-corrected chi connectivity index (χ0v) is 23.8. The van der Waals surface area contributed by atoms with Crippen molar-refractivity contribution in [2.45, 2.75) is 45.3 Å². The first-order chi connectivity index (χ1) is 18.9. The summed E-state index contributed by atoms with van der Waals surface area (Å²) in [4.78, 5) is 30.0. The summed E-state index contributed by atoms with van der Waals surface area (Å²) in [6.07, 6.45) is 2.66. The molecule has 1 fully saturated rings. The maximum atomic E-state index is 13.0. The van der Waals surface area contributed by atoms with Crippen LogP contribution in [0.15, 0.2) is 41.6 Å². The molecule has 0 spiro atoms. The van der Waals surface area contributed by atoms with Crippen LogP contribution in [0.4, 0.5) is 0 Å². The highest BCUT2D eigenvalue weighted by atomic mass is 32.2. The monoisotopic (exact) mass is 558 g/mol. The van der Waals surface area contributed by atoms with Crippen molar-refractivity contribution in [2.24, 2.45) is 11.1 Å². The van der Waals surface area contributed by atoms with Crippen LogP contribution in [0.5, 0.6) is 11.5 Å². The van der Waals surface area contributed by atoms with Gasteiger partial charge >= 0.3 is 5.97 Å². The molecule has 1 saturated heterocycles. The number of nitrogens with zero attached hydrogens (tertiary/aromatic N) is 1. The summed E-state index contributed by atoms with van der Waals surface area (Å²) in [5.41, 5.74) is 3.60. The number of oxime groups is 1. The summed E-state index contributed by atoms with van der Waals surface area (Å²) in [6, 6.07) is 10.2. The highest BCUT2D eigenvalue weighted by Gasteiger charge is 2.29. The molecule has 9 nitrogen and oxygen atoms in total. The fraction of sp³-hybridized carbons (Fsp3) is 0.483. The van der Waals surface area contributed by atoms with E-state index in [0.717, 1.165) is 53.0 Å². The van der Waals surface area contributed by atoms with Gasteiger partial charge in [0.05, 0.1) is 26.4 Å². The molecule has 0 radical (unpaired) electrons. The third kappa shape index (κ3) is 8.37. The lowest BCUT2D eigenvalue weighted by Crippen LogP contribution is -2.47. The predicted molar refractivity (Wildman–Crippen MR) is 153 cm³/mol. The summed E-state index contributed by atoms with van der Waals surface area (Å²) >= 11 is 1.83. The quantitative estimate of drug-likeness (QED) is 0.197. The Kier molecular flexibility index (Phi) is 11.9. The molecule has 1 amide bonds. The van der Waals surface area contributed by atoms with Gasteiger partial charge in [0.1, 0.15) is 30.4 Å². The number of hydrogen-bond donors (Lipinski definition) is 2. The van der Waals surface area contributed by atoms with E-state index in [4.69, 9.17) is 19.0 Å². The van der Waals surface area contributed by atoms with Gasteiger partial charge in [0, 0.05) is 18.9 Å². The van der Waals surface area contributed by atoms with Gasteiger partial charge in [-0.15, -0.1) is 0 Å². The molecule has 1 heterocycles. The van der Waals surface area contributed by atoms with Crippen molar-refractivity contribution >= 4 is 29.4 Å². The van der Waals surface area contributed by atoms with Crippen LogP contribution < -0.4 is 14.8 Å². The third-order valence-corrected chi connectivity index (χ3v) is 7.55. The molecular weight excluding hydrogens is 520 g/mol. The lowest BCUT2D eigenvalue weighted by molar-refractivity contribution is -0.141. The van der Waals surface area contributed by atoms with Gasteiger partial charge in [-0.25, -0.2) is 4.79 Å². The van der Waals surface area contributed by atoms with Gasteiger partial charge in [-0.3, -0.25) is 4.79 Å². The molecule has 10 heteroatoms. The Labute approximate surface area is 234 Å². The molecule has 1 atom stereocenters. The van der Waals surface area contributed by atoms with Crippen LogP contribution >= 0.6 is 11.8 Å². The van der Waals surface area contributed by atoms with Gasteiger partial charge in [-0.1, -0.05) is 36.3 Å². The fourth-order valence-corrected chi connectivity index (χ4v) is 5.62. The zero-order valence-electron chi connectivity index (χ0n) is 23.0. The lowest BCUT2D eigenvalue weighted by atomic mass is 9.95. The van der Waals surface area contributed by atoms with E-state index >= 15 is 0 Å². The van der Waals surface area contributed by atoms with E-state index in [2.05, 4.69) is 17.4 Å². The van der Waals surface area contributed by atoms with Gasteiger partial charge in [-0.2, -0.15) is 11.8 Å².